The molecule has 11 heteroatoms. The van der Waals surface area contributed by atoms with Gasteiger partial charge in [-0.1, -0.05) is 0 Å². The van der Waals surface area contributed by atoms with E-state index in [1.807, 2.05) is 0 Å². The number of nitrogens with zero attached hydrogens (tertiary/aromatic N) is 4. The van der Waals surface area contributed by atoms with E-state index in [9.17, 15) is 27.6 Å². The molecule has 0 aliphatic carbocycles. The quantitative estimate of drug-likeness (QED) is 0.515. The summed E-state index contributed by atoms with van der Waals surface area (Å²) in [6.45, 7) is 1.83. The Balaban J connectivity index is 1.77. The Morgan fingerprint density at radius 2 is 1.83 bits per heavy atom. The molecule has 1 amide bonds. The third kappa shape index (κ3) is 3.58. The second-order valence-corrected chi connectivity index (χ2v) is 8.31. The fraction of sp³-hybridized carbons (Fsp3) is 0.292. The first-order valence-electron chi connectivity index (χ1n) is 11.0. The van der Waals surface area contributed by atoms with Crippen molar-refractivity contribution in [1.29, 1.82) is 0 Å². The molecule has 180 valence electrons. The van der Waals surface area contributed by atoms with Crippen molar-refractivity contribution < 1.29 is 27.5 Å². The van der Waals surface area contributed by atoms with Crippen molar-refractivity contribution in [2.45, 2.75) is 38.3 Å². The number of amides is 1. The number of fused-ring (bicyclic) bond motifs is 6. The minimum atomic E-state index is -1.31. The summed E-state index contributed by atoms with van der Waals surface area (Å²) in [6, 6.07) is 6.80. The van der Waals surface area contributed by atoms with Gasteiger partial charge in [0, 0.05) is 42.9 Å². The number of rotatable bonds is 5. The summed E-state index contributed by atoms with van der Waals surface area (Å²) >= 11 is 0. The van der Waals surface area contributed by atoms with Crippen LogP contribution in [0.2, 0.25) is 0 Å². The van der Waals surface area contributed by atoms with Gasteiger partial charge in [-0.15, -0.1) is 0 Å². The molecule has 0 N–H and O–H groups in total. The molecule has 0 radical (unpaired) electrons. The van der Waals surface area contributed by atoms with Crippen LogP contribution in [0.4, 0.5) is 18.9 Å². The third-order valence-electron chi connectivity index (χ3n) is 6.28. The average Bonchev–Trinajstić information content (AvgIpc) is 3.17. The van der Waals surface area contributed by atoms with E-state index in [-0.39, 0.29) is 66.5 Å². The van der Waals surface area contributed by atoms with Gasteiger partial charge in [0.25, 0.3) is 5.56 Å². The van der Waals surface area contributed by atoms with E-state index < -0.39 is 34.6 Å². The molecule has 1 saturated heterocycles. The van der Waals surface area contributed by atoms with E-state index in [0.29, 0.717) is 0 Å². The molecule has 1 fully saturated rings. The predicted molar refractivity (Wildman–Crippen MR) is 118 cm³/mol. The maximum Gasteiger partial charge on any atom is 0.305 e. The van der Waals surface area contributed by atoms with Crippen molar-refractivity contribution >= 4 is 17.6 Å². The van der Waals surface area contributed by atoms with E-state index >= 15 is 0 Å². The van der Waals surface area contributed by atoms with Crippen LogP contribution < -0.4 is 10.5 Å². The molecular formula is C24H19F3N4O4. The first-order valence-corrected chi connectivity index (χ1v) is 11.0. The summed E-state index contributed by atoms with van der Waals surface area (Å²) in [7, 11) is 0. The predicted octanol–water partition coefficient (Wildman–Crippen LogP) is 3.53. The van der Waals surface area contributed by atoms with Crippen LogP contribution in [0.25, 0.3) is 22.6 Å². The van der Waals surface area contributed by atoms with Gasteiger partial charge in [-0.25, -0.2) is 17.9 Å². The largest absolute Gasteiger partial charge is 0.466 e. The smallest absolute Gasteiger partial charge is 0.305 e. The van der Waals surface area contributed by atoms with Gasteiger partial charge in [0.05, 0.1) is 12.3 Å². The van der Waals surface area contributed by atoms with Gasteiger partial charge in [0.1, 0.15) is 11.5 Å². The molecule has 35 heavy (non-hydrogen) atoms. The number of ether oxygens (including phenoxy) is 1. The first kappa shape index (κ1) is 22.8. The first-order chi connectivity index (χ1) is 16.7. The molecular weight excluding hydrogens is 465 g/mol. The van der Waals surface area contributed by atoms with Gasteiger partial charge in [-0.2, -0.15) is 10.1 Å². The lowest BCUT2D eigenvalue weighted by Crippen LogP contribution is -2.53. The topological polar surface area (TPSA) is 94.4 Å². The molecule has 0 spiro atoms. The highest BCUT2D eigenvalue weighted by Crippen LogP contribution is 2.50. The fourth-order valence-corrected chi connectivity index (χ4v) is 4.74. The number of carbonyl (C=O) groups excluding carboxylic acids is 2. The number of hydrogen-bond acceptors (Lipinski definition) is 6. The van der Waals surface area contributed by atoms with Crippen molar-refractivity contribution in [2.24, 2.45) is 0 Å². The molecule has 1 aromatic heterocycles. The van der Waals surface area contributed by atoms with Gasteiger partial charge < -0.3 is 4.74 Å². The Morgan fingerprint density at radius 1 is 1.11 bits per heavy atom. The van der Waals surface area contributed by atoms with Crippen LogP contribution in [-0.4, -0.2) is 33.2 Å². The Morgan fingerprint density at radius 3 is 2.54 bits per heavy atom. The van der Waals surface area contributed by atoms with E-state index in [1.54, 1.807) is 6.92 Å². The molecule has 0 bridgehead atoms. The molecule has 2 aliphatic rings. The highest BCUT2D eigenvalue weighted by molar-refractivity contribution is 6.01. The highest BCUT2D eigenvalue weighted by atomic mass is 19.2. The van der Waals surface area contributed by atoms with Crippen LogP contribution >= 0.6 is 0 Å². The lowest BCUT2D eigenvalue weighted by molar-refractivity contribution is -0.143. The number of aromatic nitrogens is 3. The van der Waals surface area contributed by atoms with Crippen molar-refractivity contribution in [3.8, 4) is 22.6 Å². The lowest BCUT2D eigenvalue weighted by Gasteiger charge is -2.44. The molecule has 0 unspecified atom stereocenters. The Kier molecular flexibility index (Phi) is 5.42. The Hall–Kier alpha value is -4.02. The second-order valence-electron chi connectivity index (χ2n) is 8.31. The number of hydrogen-bond donors (Lipinski definition) is 0. The van der Waals surface area contributed by atoms with Crippen LogP contribution in [0, 0.1) is 17.5 Å². The molecule has 2 aromatic carbocycles. The normalized spacial score (nSPS) is 18.2. The van der Waals surface area contributed by atoms with Gasteiger partial charge in [0.15, 0.2) is 23.2 Å². The third-order valence-corrected chi connectivity index (χ3v) is 6.28. The SMILES string of the molecule is CCOC(=O)CC[C@@]12CCC(=O)N1c1cc(F)c(F)cc1-c1nc(=O)c(-c3ccc(F)cc3)nn12. The van der Waals surface area contributed by atoms with Crippen LogP contribution in [0.5, 0.6) is 0 Å². The minimum Gasteiger partial charge on any atom is -0.466 e. The summed E-state index contributed by atoms with van der Waals surface area (Å²) in [5.41, 5.74) is -1.86. The highest BCUT2D eigenvalue weighted by Gasteiger charge is 2.53. The van der Waals surface area contributed by atoms with E-state index in [4.69, 9.17) is 4.74 Å². The van der Waals surface area contributed by atoms with Crippen molar-refractivity contribution in [1.82, 2.24) is 14.8 Å². The van der Waals surface area contributed by atoms with Crippen LogP contribution in [-0.2, 0) is 20.0 Å². The summed E-state index contributed by atoms with van der Waals surface area (Å²) in [5, 5.41) is 4.49. The zero-order valence-electron chi connectivity index (χ0n) is 18.6. The van der Waals surface area contributed by atoms with E-state index in [1.165, 1.54) is 21.7 Å². The van der Waals surface area contributed by atoms with Crippen molar-refractivity contribution in [3.05, 3.63) is 64.2 Å². The minimum absolute atomic E-state index is 0.0150. The van der Waals surface area contributed by atoms with Gasteiger partial charge >= 0.3 is 5.97 Å². The zero-order valence-corrected chi connectivity index (χ0v) is 18.6. The van der Waals surface area contributed by atoms with Crippen molar-refractivity contribution in [3.63, 3.8) is 0 Å². The van der Waals surface area contributed by atoms with Gasteiger partial charge in [-0.05, 0) is 37.3 Å². The van der Waals surface area contributed by atoms with Crippen LogP contribution in [0.3, 0.4) is 0 Å². The van der Waals surface area contributed by atoms with Gasteiger partial charge in [-0.3, -0.25) is 19.3 Å². The summed E-state index contributed by atoms with van der Waals surface area (Å²) < 4.78 is 48.4. The molecule has 8 nitrogen and oxygen atoms in total. The number of anilines is 1. The molecule has 1 atom stereocenters. The Labute approximate surface area is 197 Å². The summed E-state index contributed by atoms with van der Waals surface area (Å²) in [5.74, 6) is -3.82. The monoisotopic (exact) mass is 484 g/mol. The number of benzene rings is 2. The maximum absolute atomic E-state index is 14.3. The molecule has 2 aliphatic heterocycles. The number of halogens is 3. The molecule has 3 aromatic rings. The standard InChI is InChI=1S/C24H19F3N4O4/c1-2-35-20(33)8-10-24-9-7-19(32)30(24)18-12-17(27)16(26)11-15(18)22-28-23(34)21(29-31(22)24)13-3-5-14(25)6-4-13/h3-6,11-12H,2,7-10H2,1H3/t24-/m0/s1. The zero-order chi connectivity index (χ0) is 24.9. The number of esters is 1. The van der Waals surface area contributed by atoms with Gasteiger partial charge in [0.2, 0.25) is 5.91 Å². The van der Waals surface area contributed by atoms with E-state index in [2.05, 4.69) is 10.1 Å². The van der Waals surface area contributed by atoms with Crippen LogP contribution in [0.1, 0.15) is 32.6 Å². The Bertz CT molecular complexity index is 1420. The average molecular weight is 484 g/mol. The second kappa shape index (κ2) is 8.33. The van der Waals surface area contributed by atoms with E-state index in [0.717, 1.165) is 24.3 Å². The molecule has 0 saturated carbocycles. The van der Waals surface area contributed by atoms with Crippen LogP contribution in [0.15, 0.2) is 41.2 Å². The van der Waals surface area contributed by atoms with Crippen molar-refractivity contribution in [2.75, 3.05) is 11.5 Å². The lowest BCUT2D eigenvalue weighted by atomic mass is 9.95. The maximum atomic E-state index is 14.3. The summed E-state index contributed by atoms with van der Waals surface area (Å²) in [4.78, 5) is 43.6. The summed E-state index contributed by atoms with van der Waals surface area (Å²) in [6.07, 6.45) is 0.149. The molecule has 5 rings (SSSR count). The fourth-order valence-electron chi connectivity index (χ4n) is 4.74. The molecule has 3 heterocycles. The number of carbonyl (C=O) groups is 2.